The lowest BCUT2D eigenvalue weighted by Crippen LogP contribution is -2.27. The Morgan fingerprint density at radius 1 is 1.39 bits per heavy atom. The monoisotopic (exact) mass is 263 g/mol. The Balaban J connectivity index is 2.03. The Hall–Kier alpha value is -1.99. The van der Waals surface area contributed by atoms with Gasteiger partial charge in [0.25, 0.3) is 5.91 Å². The molecular weight excluding hydrogens is 250 g/mol. The summed E-state index contributed by atoms with van der Waals surface area (Å²) in [7, 11) is 0. The van der Waals surface area contributed by atoms with Crippen molar-refractivity contribution in [3.8, 4) is 0 Å². The molecule has 18 heavy (non-hydrogen) atoms. The number of hydrazine groups is 1. The summed E-state index contributed by atoms with van der Waals surface area (Å²) >= 11 is 1.60. The van der Waals surface area contributed by atoms with Gasteiger partial charge in [-0.3, -0.25) is 4.79 Å². The molecule has 0 saturated carbocycles. The van der Waals surface area contributed by atoms with Gasteiger partial charge in [0.05, 0.1) is 6.04 Å². The number of hydrogen-bond acceptors (Lipinski definition) is 6. The van der Waals surface area contributed by atoms with Gasteiger partial charge in [-0.05, 0) is 30.5 Å². The average molecular weight is 263 g/mol. The first-order chi connectivity index (χ1) is 8.70. The number of thiophene rings is 1. The van der Waals surface area contributed by atoms with E-state index >= 15 is 0 Å². The van der Waals surface area contributed by atoms with Gasteiger partial charge in [-0.2, -0.15) is 0 Å². The molecule has 7 heteroatoms. The third-order valence-corrected chi connectivity index (χ3v) is 3.42. The summed E-state index contributed by atoms with van der Waals surface area (Å²) in [6, 6.07) is 7.04. The van der Waals surface area contributed by atoms with E-state index in [9.17, 15) is 4.79 Å². The molecule has 0 aliphatic heterocycles. The third kappa shape index (κ3) is 2.82. The number of nitrogens with zero attached hydrogens (tertiary/aromatic N) is 2. The highest BCUT2D eigenvalue weighted by Gasteiger charge is 2.13. The summed E-state index contributed by atoms with van der Waals surface area (Å²) in [6.45, 7) is 1.92. The standard InChI is InChI=1S/C11H13N5OS/c1-7(9-3-2-6-18-9)13-11(17)8-4-5-10(14-12)16-15-8/h2-7H,12H2,1H3,(H,13,17)(H,14,16). The second kappa shape index (κ2) is 5.56. The van der Waals surface area contributed by atoms with Crippen LogP contribution in [0.2, 0.25) is 0 Å². The molecule has 0 fully saturated rings. The maximum atomic E-state index is 11.9. The summed E-state index contributed by atoms with van der Waals surface area (Å²) in [5, 5.41) is 12.4. The van der Waals surface area contributed by atoms with Crippen molar-refractivity contribution in [1.82, 2.24) is 15.5 Å². The van der Waals surface area contributed by atoms with Crippen LogP contribution in [0.3, 0.4) is 0 Å². The third-order valence-electron chi connectivity index (χ3n) is 2.36. The molecule has 6 nitrogen and oxygen atoms in total. The van der Waals surface area contributed by atoms with E-state index in [1.807, 2.05) is 24.4 Å². The van der Waals surface area contributed by atoms with Crippen LogP contribution in [0, 0.1) is 0 Å². The van der Waals surface area contributed by atoms with E-state index in [0.29, 0.717) is 5.82 Å². The van der Waals surface area contributed by atoms with Crippen LogP contribution in [0.4, 0.5) is 5.82 Å². The summed E-state index contributed by atoms with van der Waals surface area (Å²) in [5.41, 5.74) is 2.61. The van der Waals surface area contributed by atoms with Crippen molar-refractivity contribution in [3.63, 3.8) is 0 Å². The minimum Gasteiger partial charge on any atom is -0.343 e. The number of nitrogens with one attached hydrogen (secondary N) is 2. The fourth-order valence-corrected chi connectivity index (χ4v) is 2.14. The molecule has 1 atom stereocenters. The molecule has 0 aliphatic carbocycles. The number of rotatable bonds is 4. The summed E-state index contributed by atoms with van der Waals surface area (Å²) in [6.07, 6.45) is 0. The first-order valence-corrected chi connectivity index (χ1v) is 6.23. The van der Waals surface area contributed by atoms with Gasteiger partial charge in [0.2, 0.25) is 0 Å². The van der Waals surface area contributed by atoms with Crippen molar-refractivity contribution in [2.75, 3.05) is 5.43 Å². The SMILES string of the molecule is CC(NC(=O)c1ccc(NN)nn1)c1cccs1. The van der Waals surface area contributed by atoms with Crippen molar-refractivity contribution in [2.24, 2.45) is 5.84 Å². The number of carbonyl (C=O) groups is 1. The predicted molar refractivity (Wildman–Crippen MR) is 70.0 cm³/mol. The lowest BCUT2D eigenvalue weighted by atomic mass is 10.2. The number of amides is 1. The van der Waals surface area contributed by atoms with Crippen LogP contribution >= 0.6 is 11.3 Å². The molecular formula is C11H13N5OS. The summed E-state index contributed by atoms with van der Waals surface area (Å²) in [5.74, 6) is 5.33. The lowest BCUT2D eigenvalue weighted by Gasteiger charge is -2.11. The molecule has 2 aromatic rings. The first kappa shape index (κ1) is 12.5. The van der Waals surface area contributed by atoms with E-state index in [-0.39, 0.29) is 17.6 Å². The molecule has 1 amide bonds. The molecule has 4 N–H and O–H groups in total. The van der Waals surface area contributed by atoms with Gasteiger partial charge in [-0.25, -0.2) is 5.84 Å². The molecule has 0 saturated heterocycles. The topological polar surface area (TPSA) is 92.9 Å². The van der Waals surface area contributed by atoms with Gasteiger partial charge in [0, 0.05) is 4.88 Å². The van der Waals surface area contributed by atoms with E-state index in [1.54, 1.807) is 23.5 Å². The van der Waals surface area contributed by atoms with Crippen LogP contribution in [-0.4, -0.2) is 16.1 Å². The summed E-state index contributed by atoms with van der Waals surface area (Å²) in [4.78, 5) is 13.0. The smallest absolute Gasteiger partial charge is 0.272 e. The van der Waals surface area contributed by atoms with Gasteiger partial charge in [-0.1, -0.05) is 6.07 Å². The number of nitrogens with two attached hydrogens (primary N) is 1. The molecule has 2 aromatic heterocycles. The molecule has 0 bridgehead atoms. The number of hydrogen-bond donors (Lipinski definition) is 3. The van der Waals surface area contributed by atoms with E-state index < -0.39 is 0 Å². The average Bonchev–Trinajstić information content (AvgIpc) is 2.92. The minimum absolute atomic E-state index is 0.0494. The van der Waals surface area contributed by atoms with E-state index in [4.69, 9.17) is 5.84 Å². The Morgan fingerprint density at radius 2 is 2.22 bits per heavy atom. The fraction of sp³-hybridized carbons (Fsp3) is 0.182. The van der Waals surface area contributed by atoms with Crippen LogP contribution in [0.15, 0.2) is 29.6 Å². The zero-order valence-electron chi connectivity index (χ0n) is 9.75. The zero-order chi connectivity index (χ0) is 13.0. The van der Waals surface area contributed by atoms with E-state index in [0.717, 1.165) is 4.88 Å². The van der Waals surface area contributed by atoms with E-state index in [2.05, 4.69) is 20.9 Å². The van der Waals surface area contributed by atoms with Gasteiger partial charge < -0.3 is 10.7 Å². The van der Waals surface area contributed by atoms with Crippen LogP contribution in [0.25, 0.3) is 0 Å². The fourth-order valence-electron chi connectivity index (χ4n) is 1.41. The normalized spacial score (nSPS) is 11.9. The van der Waals surface area contributed by atoms with Crippen molar-refractivity contribution in [3.05, 3.63) is 40.2 Å². The van der Waals surface area contributed by atoms with Gasteiger partial charge in [0.15, 0.2) is 11.5 Å². The Morgan fingerprint density at radius 3 is 2.78 bits per heavy atom. The molecule has 0 aliphatic rings. The van der Waals surface area contributed by atoms with Crippen LogP contribution < -0.4 is 16.6 Å². The highest BCUT2D eigenvalue weighted by molar-refractivity contribution is 7.10. The van der Waals surface area contributed by atoms with Gasteiger partial charge in [-0.15, -0.1) is 21.5 Å². The van der Waals surface area contributed by atoms with Crippen molar-refractivity contribution in [2.45, 2.75) is 13.0 Å². The number of carbonyl (C=O) groups excluding carboxylic acids is 1. The first-order valence-electron chi connectivity index (χ1n) is 5.35. The molecule has 0 spiro atoms. The highest BCUT2D eigenvalue weighted by Crippen LogP contribution is 2.18. The second-order valence-corrected chi connectivity index (χ2v) is 4.64. The van der Waals surface area contributed by atoms with Crippen LogP contribution in [-0.2, 0) is 0 Å². The molecule has 1 unspecified atom stereocenters. The Labute approximate surface area is 108 Å². The van der Waals surface area contributed by atoms with Gasteiger partial charge >= 0.3 is 0 Å². The highest BCUT2D eigenvalue weighted by atomic mass is 32.1. The molecule has 0 aromatic carbocycles. The van der Waals surface area contributed by atoms with Gasteiger partial charge in [0.1, 0.15) is 0 Å². The number of nitrogen functional groups attached to an aromatic ring is 1. The molecule has 94 valence electrons. The lowest BCUT2D eigenvalue weighted by molar-refractivity contribution is 0.0934. The molecule has 2 rings (SSSR count). The quantitative estimate of drug-likeness (QED) is 0.571. The van der Waals surface area contributed by atoms with Crippen molar-refractivity contribution < 1.29 is 4.79 Å². The molecule has 0 radical (unpaired) electrons. The number of aromatic nitrogens is 2. The molecule has 2 heterocycles. The van der Waals surface area contributed by atoms with Crippen LogP contribution in [0.1, 0.15) is 28.3 Å². The minimum atomic E-state index is -0.257. The predicted octanol–water partition coefficient (Wildman–Crippen LogP) is 1.31. The Bertz CT molecular complexity index is 511. The summed E-state index contributed by atoms with van der Waals surface area (Å²) < 4.78 is 0. The van der Waals surface area contributed by atoms with Crippen molar-refractivity contribution >= 4 is 23.1 Å². The Kier molecular flexibility index (Phi) is 3.85. The maximum Gasteiger partial charge on any atom is 0.272 e. The second-order valence-electron chi connectivity index (χ2n) is 3.66. The van der Waals surface area contributed by atoms with Crippen LogP contribution in [0.5, 0.6) is 0 Å². The van der Waals surface area contributed by atoms with Crippen molar-refractivity contribution in [1.29, 1.82) is 0 Å². The van der Waals surface area contributed by atoms with E-state index in [1.165, 1.54) is 0 Å². The maximum absolute atomic E-state index is 11.9. The number of anilines is 1. The largest absolute Gasteiger partial charge is 0.343 e. The zero-order valence-corrected chi connectivity index (χ0v) is 10.6.